The van der Waals surface area contributed by atoms with Crippen LogP contribution in [0.1, 0.15) is 31.4 Å². The van der Waals surface area contributed by atoms with Crippen molar-refractivity contribution in [3.05, 3.63) is 45.4 Å². The molecule has 2 N–H and O–H groups in total. The van der Waals surface area contributed by atoms with Crippen LogP contribution in [0.3, 0.4) is 0 Å². The highest BCUT2D eigenvalue weighted by atomic mass is 79.9. The summed E-state index contributed by atoms with van der Waals surface area (Å²) in [6, 6.07) is 5.75. The molecule has 1 unspecified atom stereocenters. The zero-order chi connectivity index (χ0) is 11.4. The van der Waals surface area contributed by atoms with Gasteiger partial charge in [0.2, 0.25) is 0 Å². The number of hydrogen-bond donors (Lipinski definition) is 1. The van der Waals surface area contributed by atoms with E-state index in [0.29, 0.717) is 5.02 Å². The lowest BCUT2D eigenvalue weighted by Crippen LogP contribution is -2.11. The fourth-order valence-corrected chi connectivity index (χ4v) is 2.02. The van der Waals surface area contributed by atoms with E-state index in [9.17, 15) is 0 Å². The topological polar surface area (TPSA) is 26.0 Å². The Morgan fingerprint density at radius 1 is 1.60 bits per heavy atom. The summed E-state index contributed by atoms with van der Waals surface area (Å²) in [4.78, 5) is 0. The summed E-state index contributed by atoms with van der Waals surface area (Å²) in [7, 11) is 0. The van der Waals surface area contributed by atoms with Crippen LogP contribution in [0.5, 0.6) is 0 Å². The second-order valence-electron chi connectivity index (χ2n) is 3.56. The van der Waals surface area contributed by atoms with Crippen LogP contribution in [0.15, 0.2) is 34.8 Å². The van der Waals surface area contributed by atoms with Crippen molar-refractivity contribution in [3.63, 3.8) is 0 Å². The number of benzene rings is 1. The van der Waals surface area contributed by atoms with Gasteiger partial charge in [0.15, 0.2) is 0 Å². The van der Waals surface area contributed by atoms with E-state index < -0.39 is 0 Å². The molecule has 1 nitrogen and oxygen atoms in total. The van der Waals surface area contributed by atoms with Crippen molar-refractivity contribution in [2.45, 2.75) is 25.8 Å². The Bertz CT molecular complexity index is 363. The summed E-state index contributed by atoms with van der Waals surface area (Å²) in [5, 5.41) is 0.703. The highest BCUT2D eigenvalue weighted by molar-refractivity contribution is 9.10. The van der Waals surface area contributed by atoms with Gasteiger partial charge in [-0.3, -0.25) is 0 Å². The molecule has 0 spiro atoms. The van der Waals surface area contributed by atoms with E-state index in [0.717, 1.165) is 28.5 Å². The summed E-state index contributed by atoms with van der Waals surface area (Å²) < 4.78 is 0.888. The Morgan fingerprint density at radius 3 is 2.87 bits per heavy atom. The Kier molecular flexibility index (Phi) is 4.84. The van der Waals surface area contributed by atoms with Crippen LogP contribution in [0.2, 0.25) is 5.02 Å². The molecular formula is C12H15BrClN. The molecule has 0 aromatic heterocycles. The summed E-state index contributed by atoms with van der Waals surface area (Å²) in [5.41, 5.74) is 8.20. The quantitative estimate of drug-likeness (QED) is 0.813. The second kappa shape index (κ2) is 5.69. The van der Waals surface area contributed by atoms with Crippen LogP contribution in [-0.4, -0.2) is 0 Å². The maximum Gasteiger partial charge on any atom is 0.0595 e. The van der Waals surface area contributed by atoms with Crippen molar-refractivity contribution in [2.24, 2.45) is 5.73 Å². The molecular weight excluding hydrogens is 273 g/mol. The van der Waals surface area contributed by atoms with Crippen LogP contribution < -0.4 is 5.73 Å². The molecule has 0 saturated carbocycles. The van der Waals surface area contributed by atoms with Crippen LogP contribution in [0, 0.1) is 0 Å². The van der Waals surface area contributed by atoms with E-state index in [4.69, 9.17) is 17.3 Å². The van der Waals surface area contributed by atoms with Gasteiger partial charge in [0, 0.05) is 10.5 Å². The predicted molar refractivity (Wildman–Crippen MR) is 70.1 cm³/mol. The van der Waals surface area contributed by atoms with Crippen molar-refractivity contribution in [2.75, 3.05) is 0 Å². The molecule has 82 valence electrons. The lowest BCUT2D eigenvalue weighted by molar-refractivity contribution is 0.701. The minimum absolute atomic E-state index is 0.0672. The van der Waals surface area contributed by atoms with E-state index in [1.54, 1.807) is 0 Å². The average Bonchev–Trinajstić information content (AvgIpc) is 2.21. The molecule has 0 saturated heterocycles. The number of rotatable bonds is 4. The van der Waals surface area contributed by atoms with Crippen LogP contribution >= 0.6 is 27.5 Å². The van der Waals surface area contributed by atoms with Gasteiger partial charge in [-0.25, -0.2) is 0 Å². The molecule has 1 aromatic carbocycles. The minimum atomic E-state index is -0.0672. The highest BCUT2D eigenvalue weighted by Gasteiger charge is 2.12. The van der Waals surface area contributed by atoms with Gasteiger partial charge in [-0.05, 0) is 40.4 Å². The monoisotopic (exact) mass is 287 g/mol. The fourth-order valence-electron chi connectivity index (χ4n) is 1.37. The normalized spacial score (nSPS) is 12.5. The molecule has 1 rings (SSSR count). The van der Waals surface area contributed by atoms with Gasteiger partial charge in [-0.2, -0.15) is 0 Å². The third kappa shape index (κ3) is 3.33. The lowest BCUT2D eigenvalue weighted by Gasteiger charge is -2.15. The molecule has 0 bridgehead atoms. The second-order valence-corrected chi connectivity index (χ2v) is 4.79. The van der Waals surface area contributed by atoms with Gasteiger partial charge in [-0.15, -0.1) is 0 Å². The molecule has 0 heterocycles. The van der Waals surface area contributed by atoms with Crippen LogP contribution in [0.4, 0.5) is 0 Å². The van der Waals surface area contributed by atoms with Gasteiger partial charge in [0.05, 0.1) is 5.02 Å². The van der Waals surface area contributed by atoms with E-state index >= 15 is 0 Å². The van der Waals surface area contributed by atoms with Gasteiger partial charge in [-0.1, -0.05) is 42.8 Å². The minimum Gasteiger partial charge on any atom is -0.324 e. The summed E-state index contributed by atoms with van der Waals surface area (Å²) in [5.74, 6) is 0. The molecule has 0 fully saturated rings. The van der Waals surface area contributed by atoms with Gasteiger partial charge in [0.1, 0.15) is 0 Å². The molecule has 0 aliphatic rings. The third-order valence-corrected chi connectivity index (χ3v) is 3.70. The first-order valence-corrected chi connectivity index (χ1v) is 6.09. The van der Waals surface area contributed by atoms with Crippen molar-refractivity contribution in [3.8, 4) is 0 Å². The summed E-state index contributed by atoms with van der Waals surface area (Å²) in [6.07, 6.45) is 1.74. The molecule has 1 atom stereocenters. The van der Waals surface area contributed by atoms with Gasteiger partial charge < -0.3 is 5.73 Å². The Hall–Kier alpha value is -0.310. The average molecular weight is 289 g/mol. The Morgan fingerprint density at radius 2 is 2.27 bits per heavy atom. The first-order chi connectivity index (χ1) is 7.06. The fraction of sp³-hybridized carbons (Fsp3) is 0.333. The van der Waals surface area contributed by atoms with E-state index in [2.05, 4.69) is 29.4 Å². The molecule has 0 amide bonds. The largest absolute Gasteiger partial charge is 0.324 e. The Labute approximate surface area is 104 Å². The standard InChI is InChI=1S/C12H15BrClN/c1-3-8(2)7-11(15)9-5-4-6-10(13)12(9)14/h4-6,11H,2-3,7,15H2,1H3. The van der Waals surface area contributed by atoms with E-state index in [-0.39, 0.29) is 6.04 Å². The van der Waals surface area contributed by atoms with Crippen LogP contribution in [-0.2, 0) is 0 Å². The summed E-state index contributed by atoms with van der Waals surface area (Å²) in [6.45, 7) is 6.04. The zero-order valence-corrected chi connectivity index (χ0v) is 11.1. The number of nitrogens with two attached hydrogens (primary N) is 1. The molecule has 1 aromatic rings. The SMILES string of the molecule is C=C(CC)CC(N)c1cccc(Br)c1Cl. The first-order valence-electron chi connectivity index (χ1n) is 4.92. The maximum atomic E-state index is 6.16. The first kappa shape index (κ1) is 12.8. The number of hydrogen-bond acceptors (Lipinski definition) is 1. The smallest absolute Gasteiger partial charge is 0.0595 e. The molecule has 3 heteroatoms. The third-order valence-electron chi connectivity index (χ3n) is 2.39. The predicted octanol–water partition coefficient (Wildman–Crippen LogP) is 4.46. The van der Waals surface area contributed by atoms with E-state index in [1.807, 2.05) is 18.2 Å². The number of halogens is 2. The maximum absolute atomic E-state index is 6.16. The van der Waals surface area contributed by atoms with Gasteiger partial charge in [0.25, 0.3) is 0 Å². The molecule has 0 aliphatic carbocycles. The molecule has 0 radical (unpaired) electrons. The van der Waals surface area contributed by atoms with Crippen molar-refractivity contribution >= 4 is 27.5 Å². The van der Waals surface area contributed by atoms with Gasteiger partial charge >= 0.3 is 0 Å². The van der Waals surface area contributed by atoms with Crippen molar-refractivity contribution in [1.29, 1.82) is 0 Å². The lowest BCUT2D eigenvalue weighted by atomic mass is 9.99. The van der Waals surface area contributed by atoms with Crippen LogP contribution in [0.25, 0.3) is 0 Å². The van der Waals surface area contributed by atoms with Crippen molar-refractivity contribution < 1.29 is 0 Å². The molecule has 15 heavy (non-hydrogen) atoms. The highest BCUT2D eigenvalue weighted by Crippen LogP contribution is 2.31. The molecule has 0 aliphatic heterocycles. The van der Waals surface area contributed by atoms with E-state index in [1.165, 1.54) is 0 Å². The zero-order valence-electron chi connectivity index (χ0n) is 8.76. The Balaban J connectivity index is 2.86. The summed E-state index contributed by atoms with van der Waals surface area (Å²) >= 11 is 9.55. The van der Waals surface area contributed by atoms with Crippen molar-refractivity contribution in [1.82, 2.24) is 0 Å².